The lowest BCUT2D eigenvalue weighted by Gasteiger charge is -2.28. The number of halogens is 3. The molecule has 190 valence electrons. The van der Waals surface area contributed by atoms with E-state index in [4.69, 9.17) is 4.74 Å². The third-order valence-corrected chi connectivity index (χ3v) is 6.97. The molecule has 1 saturated heterocycles. The number of pyridine rings is 1. The van der Waals surface area contributed by atoms with E-state index >= 15 is 0 Å². The van der Waals surface area contributed by atoms with Gasteiger partial charge in [-0.15, -0.1) is 5.10 Å². The summed E-state index contributed by atoms with van der Waals surface area (Å²) in [5.41, 5.74) is -0.185. The van der Waals surface area contributed by atoms with Crippen molar-refractivity contribution in [2.75, 3.05) is 11.9 Å². The van der Waals surface area contributed by atoms with Crippen molar-refractivity contribution >= 4 is 22.5 Å². The third kappa shape index (κ3) is 4.07. The Balaban J connectivity index is 1.54. The molecule has 1 saturated carbocycles. The lowest BCUT2D eigenvalue weighted by molar-refractivity contribution is -0.137. The lowest BCUT2D eigenvalue weighted by Crippen LogP contribution is -2.37. The fourth-order valence-corrected chi connectivity index (χ4v) is 5.15. The van der Waals surface area contributed by atoms with Gasteiger partial charge in [0.1, 0.15) is 17.0 Å². The number of nitrogens with zero attached hydrogens (tertiary/aromatic N) is 6. The standard InChI is InChI=1S/C24H26F3N7O2/c25-24(26,27)14-13-28-23(29-15-7-1-2-9-17(15)35)30-20(14)21-19-16-8-3-5-11-33(16)32-22(19)34(31-21)18-10-4-6-12-36-18/h3,5,8,11,13,15,17-18,35H,1-2,4,6-7,9-10,12H2,(H,28,29,30)/t15-,17-,18?/m0/s1. The molecule has 1 unspecified atom stereocenters. The molecular formula is C24H26F3N7O2. The van der Waals surface area contributed by atoms with E-state index in [1.54, 1.807) is 33.6 Å². The number of anilines is 1. The summed E-state index contributed by atoms with van der Waals surface area (Å²) in [6, 6.07) is 5.07. The van der Waals surface area contributed by atoms with Gasteiger partial charge in [0.15, 0.2) is 11.9 Å². The van der Waals surface area contributed by atoms with Crippen LogP contribution >= 0.6 is 0 Å². The smallest absolute Gasteiger partial charge is 0.391 e. The Hall–Kier alpha value is -3.25. The van der Waals surface area contributed by atoms with Crippen molar-refractivity contribution in [2.24, 2.45) is 0 Å². The first-order valence-corrected chi connectivity index (χ1v) is 12.3. The molecule has 0 spiro atoms. The second-order valence-corrected chi connectivity index (χ2v) is 9.40. The zero-order valence-electron chi connectivity index (χ0n) is 19.4. The van der Waals surface area contributed by atoms with Gasteiger partial charge in [0.25, 0.3) is 0 Å². The molecule has 2 fully saturated rings. The van der Waals surface area contributed by atoms with Gasteiger partial charge in [0, 0.05) is 19.0 Å². The van der Waals surface area contributed by atoms with E-state index < -0.39 is 24.1 Å². The van der Waals surface area contributed by atoms with Crippen LogP contribution in [-0.4, -0.2) is 53.2 Å². The number of fused-ring (bicyclic) bond motifs is 3. The summed E-state index contributed by atoms with van der Waals surface area (Å²) in [6.45, 7) is 0.549. The predicted octanol–water partition coefficient (Wildman–Crippen LogP) is 4.57. The van der Waals surface area contributed by atoms with Crippen LogP contribution in [0.1, 0.15) is 56.7 Å². The summed E-state index contributed by atoms with van der Waals surface area (Å²) < 4.78 is 51.6. The molecule has 2 aliphatic rings. The minimum atomic E-state index is -4.70. The number of aliphatic hydroxyl groups is 1. The van der Waals surface area contributed by atoms with Gasteiger partial charge in [-0.2, -0.15) is 18.3 Å². The molecule has 6 rings (SSSR count). The van der Waals surface area contributed by atoms with Gasteiger partial charge in [0.2, 0.25) is 5.95 Å². The summed E-state index contributed by atoms with van der Waals surface area (Å²) in [6.07, 6.45) is 2.47. The maximum Gasteiger partial charge on any atom is 0.420 e. The Morgan fingerprint density at radius 3 is 2.64 bits per heavy atom. The van der Waals surface area contributed by atoms with Crippen LogP contribution in [0.5, 0.6) is 0 Å². The van der Waals surface area contributed by atoms with E-state index in [0.29, 0.717) is 42.4 Å². The van der Waals surface area contributed by atoms with Crippen LogP contribution in [0.4, 0.5) is 19.1 Å². The normalized spacial score (nSPS) is 23.4. The van der Waals surface area contributed by atoms with Crippen molar-refractivity contribution in [3.8, 4) is 11.4 Å². The first-order valence-electron chi connectivity index (χ1n) is 12.3. The molecule has 1 aliphatic carbocycles. The van der Waals surface area contributed by atoms with Gasteiger partial charge < -0.3 is 15.2 Å². The SMILES string of the molecule is O[C@H]1CCCC[C@@H]1Nc1ncc(C(F)(F)F)c(-c2nn(C3CCCCO3)c3nn4ccccc4c23)n1. The first-order chi connectivity index (χ1) is 17.4. The Labute approximate surface area is 204 Å². The van der Waals surface area contributed by atoms with Crippen LogP contribution in [0.25, 0.3) is 27.9 Å². The number of aliphatic hydroxyl groups excluding tert-OH is 1. The predicted molar refractivity (Wildman–Crippen MR) is 125 cm³/mol. The summed E-state index contributed by atoms with van der Waals surface area (Å²) >= 11 is 0. The molecule has 2 N–H and O–H groups in total. The molecule has 0 bridgehead atoms. The maximum atomic E-state index is 14.2. The summed E-state index contributed by atoms with van der Waals surface area (Å²) in [7, 11) is 0. The molecule has 4 aromatic rings. The fraction of sp³-hybridized carbons (Fsp3) is 0.500. The monoisotopic (exact) mass is 501 g/mol. The molecular weight excluding hydrogens is 475 g/mol. The molecule has 3 atom stereocenters. The van der Waals surface area contributed by atoms with E-state index in [1.165, 1.54) is 0 Å². The van der Waals surface area contributed by atoms with Crippen LogP contribution in [0.3, 0.4) is 0 Å². The second-order valence-electron chi connectivity index (χ2n) is 9.40. The topological polar surface area (TPSA) is 102 Å². The van der Waals surface area contributed by atoms with E-state index in [0.717, 1.165) is 31.9 Å². The van der Waals surface area contributed by atoms with Crippen molar-refractivity contribution in [1.82, 2.24) is 29.4 Å². The Kier molecular flexibility index (Phi) is 5.79. The zero-order chi connectivity index (χ0) is 24.9. The zero-order valence-corrected chi connectivity index (χ0v) is 19.4. The highest BCUT2D eigenvalue weighted by Crippen LogP contribution is 2.40. The molecule has 12 heteroatoms. The minimum absolute atomic E-state index is 0.0250. The minimum Gasteiger partial charge on any atom is -0.391 e. The van der Waals surface area contributed by atoms with E-state index in [-0.39, 0.29) is 23.4 Å². The van der Waals surface area contributed by atoms with Gasteiger partial charge in [-0.3, -0.25) is 0 Å². The Morgan fingerprint density at radius 1 is 1.03 bits per heavy atom. The Bertz CT molecular complexity index is 1390. The van der Waals surface area contributed by atoms with Crippen LogP contribution < -0.4 is 5.32 Å². The highest BCUT2D eigenvalue weighted by Gasteiger charge is 2.38. The largest absolute Gasteiger partial charge is 0.420 e. The quantitative estimate of drug-likeness (QED) is 0.422. The highest BCUT2D eigenvalue weighted by atomic mass is 19.4. The van der Waals surface area contributed by atoms with Crippen molar-refractivity contribution in [3.05, 3.63) is 36.2 Å². The Morgan fingerprint density at radius 2 is 1.86 bits per heavy atom. The number of ether oxygens (including phenoxy) is 1. The molecule has 5 heterocycles. The molecule has 0 radical (unpaired) electrons. The number of aromatic nitrogens is 6. The summed E-state index contributed by atoms with van der Waals surface area (Å²) in [5, 5.41) is 23.1. The van der Waals surface area contributed by atoms with Crippen molar-refractivity contribution in [1.29, 1.82) is 0 Å². The summed E-state index contributed by atoms with van der Waals surface area (Å²) in [4.78, 5) is 8.28. The van der Waals surface area contributed by atoms with Crippen LogP contribution in [0.2, 0.25) is 0 Å². The van der Waals surface area contributed by atoms with Crippen LogP contribution in [0, 0.1) is 0 Å². The first kappa shape index (κ1) is 23.2. The molecule has 0 aromatic carbocycles. The van der Waals surface area contributed by atoms with E-state index in [1.807, 2.05) is 0 Å². The van der Waals surface area contributed by atoms with Crippen LogP contribution in [0.15, 0.2) is 30.6 Å². The maximum absolute atomic E-state index is 14.2. The van der Waals surface area contributed by atoms with Gasteiger partial charge >= 0.3 is 6.18 Å². The third-order valence-electron chi connectivity index (χ3n) is 6.97. The van der Waals surface area contributed by atoms with Crippen LogP contribution in [-0.2, 0) is 10.9 Å². The molecule has 9 nitrogen and oxygen atoms in total. The fourth-order valence-electron chi connectivity index (χ4n) is 5.15. The highest BCUT2D eigenvalue weighted by molar-refractivity contribution is 6.03. The number of alkyl halides is 3. The number of hydrogen-bond acceptors (Lipinski definition) is 7. The van der Waals surface area contributed by atoms with Gasteiger partial charge in [0.05, 0.1) is 23.0 Å². The average Bonchev–Trinajstić information content (AvgIpc) is 3.43. The van der Waals surface area contributed by atoms with Gasteiger partial charge in [-0.05, 0) is 44.2 Å². The molecule has 1 aliphatic heterocycles. The summed E-state index contributed by atoms with van der Waals surface area (Å²) in [5.74, 6) is 0.0250. The molecule has 0 amide bonds. The molecule has 4 aromatic heterocycles. The van der Waals surface area contributed by atoms with E-state index in [9.17, 15) is 18.3 Å². The lowest BCUT2D eigenvalue weighted by atomic mass is 9.93. The number of nitrogens with one attached hydrogen (secondary N) is 1. The van der Waals surface area contributed by atoms with Gasteiger partial charge in [-0.25, -0.2) is 19.2 Å². The average molecular weight is 502 g/mol. The van der Waals surface area contributed by atoms with Gasteiger partial charge in [-0.1, -0.05) is 18.9 Å². The van der Waals surface area contributed by atoms with E-state index in [2.05, 4.69) is 25.5 Å². The number of hydrogen-bond donors (Lipinski definition) is 2. The number of rotatable bonds is 4. The van der Waals surface area contributed by atoms with Crippen molar-refractivity contribution in [2.45, 2.75) is 69.5 Å². The van der Waals surface area contributed by atoms with Crippen molar-refractivity contribution in [3.63, 3.8) is 0 Å². The molecule has 36 heavy (non-hydrogen) atoms. The van der Waals surface area contributed by atoms with Crippen molar-refractivity contribution < 1.29 is 23.0 Å². The second kappa shape index (κ2) is 9.00.